The van der Waals surface area contributed by atoms with Crippen molar-refractivity contribution in [3.63, 3.8) is 0 Å². The molecule has 0 bridgehead atoms. The number of halogens is 2. The smallest absolute Gasteiger partial charge is 0.339 e. The minimum Gasteiger partial charge on any atom is -0.478 e. The maximum Gasteiger partial charge on any atom is 0.339 e. The number of aromatic nitrogens is 2. The number of pyridine rings is 1. The van der Waals surface area contributed by atoms with Gasteiger partial charge in [0.05, 0.1) is 22.8 Å². The van der Waals surface area contributed by atoms with Crippen molar-refractivity contribution >= 4 is 61.9 Å². The molecule has 4 N–H and O–H groups in total. The lowest BCUT2D eigenvalue weighted by molar-refractivity contribution is 0.0698. The zero-order chi connectivity index (χ0) is 21.0. The highest BCUT2D eigenvalue weighted by Crippen LogP contribution is 2.35. The maximum absolute atomic E-state index is 14.1. The van der Waals surface area contributed by atoms with Crippen molar-refractivity contribution in [2.24, 2.45) is 0 Å². The number of aliphatic hydroxyl groups is 1. The van der Waals surface area contributed by atoms with Crippen LogP contribution in [-0.2, 0) is 6.61 Å². The number of anilines is 2. The maximum atomic E-state index is 14.1. The van der Waals surface area contributed by atoms with Gasteiger partial charge in [0.2, 0.25) is 0 Å². The largest absolute Gasteiger partial charge is 0.478 e. The van der Waals surface area contributed by atoms with Gasteiger partial charge in [-0.25, -0.2) is 14.2 Å². The topological polar surface area (TPSA) is 111 Å². The van der Waals surface area contributed by atoms with Gasteiger partial charge in [0.25, 0.3) is 0 Å². The highest BCUT2D eigenvalue weighted by Gasteiger charge is 2.18. The number of carboxylic acid groups (broad SMARTS) is 1. The van der Waals surface area contributed by atoms with Gasteiger partial charge >= 0.3 is 5.97 Å². The van der Waals surface area contributed by atoms with Crippen LogP contribution in [0.1, 0.15) is 15.9 Å². The van der Waals surface area contributed by atoms with Crippen molar-refractivity contribution in [2.45, 2.75) is 6.61 Å². The number of hydrogen-bond acceptors (Lipinski definition) is 5. The third-order valence-corrected chi connectivity index (χ3v) is 5.28. The lowest BCUT2D eigenvalue weighted by atomic mass is 10.1. The zero-order valence-corrected chi connectivity index (χ0v) is 15.9. The van der Waals surface area contributed by atoms with Gasteiger partial charge in [-0.3, -0.25) is 0 Å². The summed E-state index contributed by atoms with van der Waals surface area (Å²) in [5.41, 5.74) is 1.90. The summed E-state index contributed by atoms with van der Waals surface area (Å²) >= 11 is 5.96. The van der Waals surface area contributed by atoms with Crippen molar-refractivity contribution in [1.82, 2.24) is 9.97 Å². The predicted octanol–water partition coefficient (Wildman–Crippen LogP) is 5.19. The summed E-state index contributed by atoms with van der Waals surface area (Å²) in [6.07, 6.45) is 3.21. The molecule has 0 saturated heterocycles. The third kappa shape index (κ3) is 2.69. The molecular weight excluding hydrogens is 413 g/mol. The van der Waals surface area contributed by atoms with Gasteiger partial charge in [0.1, 0.15) is 28.4 Å². The van der Waals surface area contributed by atoms with E-state index in [1.807, 2.05) is 0 Å². The molecule has 2 aromatic carbocycles. The van der Waals surface area contributed by atoms with E-state index in [9.17, 15) is 19.4 Å². The fraction of sp³-hybridized carbons (Fsp3) is 0.0476. The number of H-pyrrole nitrogens is 1. The van der Waals surface area contributed by atoms with Gasteiger partial charge in [0.15, 0.2) is 0 Å². The number of rotatable bonds is 4. The molecule has 0 saturated carbocycles. The number of carboxylic acids is 1. The fourth-order valence-corrected chi connectivity index (χ4v) is 3.82. The molecule has 0 aliphatic carbocycles. The molecule has 7 nitrogen and oxygen atoms in total. The predicted molar refractivity (Wildman–Crippen MR) is 111 cm³/mol. The molecule has 0 aliphatic rings. The Morgan fingerprint density at radius 3 is 2.87 bits per heavy atom. The minimum absolute atomic E-state index is 0.0723. The van der Waals surface area contributed by atoms with Crippen molar-refractivity contribution in [3.05, 3.63) is 64.7 Å². The molecule has 0 atom stereocenters. The normalized spacial score (nSPS) is 11.6. The van der Waals surface area contributed by atoms with E-state index in [1.54, 1.807) is 30.6 Å². The Balaban J connectivity index is 1.61. The Morgan fingerprint density at radius 1 is 1.27 bits per heavy atom. The second-order valence-corrected chi connectivity index (χ2v) is 7.12. The van der Waals surface area contributed by atoms with E-state index in [0.29, 0.717) is 38.8 Å². The second-order valence-electron chi connectivity index (χ2n) is 6.71. The quantitative estimate of drug-likeness (QED) is 0.315. The highest BCUT2D eigenvalue weighted by atomic mass is 35.5. The summed E-state index contributed by atoms with van der Waals surface area (Å²) in [6.45, 7) is -0.502. The number of nitrogens with zero attached hydrogens (tertiary/aromatic N) is 1. The van der Waals surface area contributed by atoms with E-state index >= 15 is 0 Å². The van der Waals surface area contributed by atoms with Crippen LogP contribution < -0.4 is 5.32 Å². The van der Waals surface area contributed by atoms with E-state index in [0.717, 1.165) is 0 Å². The van der Waals surface area contributed by atoms with Crippen molar-refractivity contribution < 1.29 is 23.8 Å². The lowest BCUT2D eigenvalue weighted by Gasteiger charge is -2.07. The summed E-state index contributed by atoms with van der Waals surface area (Å²) in [5, 5.41) is 23.8. The number of aromatic carboxylic acids is 1. The monoisotopic (exact) mass is 425 g/mol. The van der Waals surface area contributed by atoms with Gasteiger partial charge in [-0.1, -0.05) is 23.7 Å². The molecule has 0 amide bonds. The molecule has 5 aromatic rings. The van der Waals surface area contributed by atoms with Crippen LogP contribution in [-0.4, -0.2) is 26.2 Å². The number of benzene rings is 2. The van der Waals surface area contributed by atoms with Gasteiger partial charge in [-0.15, -0.1) is 0 Å². The van der Waals surface area contributed by atoms with Crippen LogP contribution in [0.25, 0.3) is 32.8 Å². The Kier molecular flexibility index (Phi) is 4.12. The Morgan fingerprint density at radius 2 is 2.10 bits per heavy atom. The first-order chi connectivity index (χ1) is 14.5. The molecule has 150 valence electrons. The first kappa shape index (κ1) is 18.4. The van der Waals surface area contributed by atoms with Gasteiger partial charge in [-0.2, -0.15) is 0 Å². The molecule has 9 heteroatoms. The first-order valence-electron chi connectivity index (χ1n) is 8.88. The summed E-state index contributed by atoms with van der Waals surface area (Å²) < 4.78 is 19.9. The number of para-hydroxylation sites is 1. The minimum atomic E-state index is -1.08. The van der Waals surface area contributed by atoms with Crippen LogP contribution >= 0.6 is 11.6 Å². The summed E-state index contributed by atoms with van der Waals surface area (Å²) in [4.78, 5) is 18.8. The van der Waals surface area contributed by atoms with Crippen LogP contribution in [0.4, 0.5) is 15.9 Å². The van der Waals surface area contributed by atoms with E-state index < -0.39 is 18.4 Å². The number of carbonyl (C=O) groups is 1. The molecule has 3 heterocycles. The van der Waals surface area contributed by atoms with E-state index in [-0.39, 0.29) is 21.7 Å². The lowest BCUT2D eigenvalue weighted by Crippen LogP contribution is -1.95. The Bertz CT molecular complexity index is 1470. The van der Waals surface area contributed by atoms with Crippen molar-refractivity contribution in [3.8, 4) is 0 Å². The molecule has 0 aliphatic heterocycles. The molecule has 3 aromatic heterocycles. The number of nitrogens with one attached hydrogen (secondary N) is 2. The van der Waals surface area contributed by atoms with Crippen LogP contribution in [0.2, 0.25) is 5.02 Å². The summed E-state index contributed by atoms with van der Waals surface area (Å²) in [6, 6.07) is 8.02. The molecule has 0 fully saturated rings. The Hall–Kier alpha value is -3.62. The van der Waals surface area contributed by atoms with Crippen LogP contribution in [0, 0.1) is 5.82 Å². The number of aliphatic hydroxyl groups excluding tert-OH is 1. The average Bonchev–Trinajstić information content (AvgIpc) is 3.29. The molecule has 0 radical (unpaired) electrons. The highest BCUT2D eigenvalue weighted by molar-refractivity contribution is 6.31. The molecule has 30 heavy (non-hydrogen) atoms. The zero-order valence-electron chi connectivity index (χ0n) is 15.2. The standard InChI is InChI=1S/C21H13ClFN3O4/c22-14-4-11-15(7-25-19(11)13(8-27)18(14)23)26-17-5-16-12(6-24-17)9-2-1-3-10(21(28)29)20(9)30-16/h1-7,25,27H,8H2,(H,24,26)(H,28,29). The van der Waals surface area contributed by atoms with Gasteiger partial charge in [0, 0.05) is 40.2 Å². The van der Waals surface area contributed by atoms with E-state index in [2.05, 4.69) is 15.3 Å². The fourth-order valence-electron chi connectivity index (χ4n) is 3.60. The molecular formula is C21H13ClFN3O4. The SMILES string of the molecule is O=C(O)c1cccc2c1oc1cc(Nc3c[nH]c4c(CO)c(F)c(Cl)cc34)ncc12. The second kappa shape index (κ2) is 6.72. The summed E-state index contributed by atoms with van der Waals surface area (Å²) in [5.74, 6) is -1.31. The number of furan rings is 1. The number of hydrogen-bond donors (Lipinski definition) is 4. The third-order valence-electron chi connectivity index (χ3n) is 5.00. The first-order valence-corrected chi connectivity index (χ1v) is 9.26. The van der Waals surface area contributed by atoms with Crippen LogP contribution in [0.15, 0.2) is 47.1 Å². The van der Waals surface area contributed by atoms with E-state index in [1.165, 1.54) is 12.1 Å². The van der Waals surface area contributed by atoms with Crippen molar-refractivity contribution in [2.75, 3.05) is 5.32 Å². The van der Waals surface area contributed by atoms with Crippen LogP contribution in [0.5, 0.6) is 0 Å². The molecule has 0 unspecified atom stereocenters. The number of fused-ring (bicyclic) bond motifs is 4. The van der Waals surface area contributed by atoms with Crippen molar-refractivity contribution in [1.29, 1.82) is 0 Å². The summed E-state index contributed by atoms with van der Waals surface area (Å²) in [7, 11) is 0. The molecule has 0 spiro atoms. The van der Waals surface area contributed by atoms with Gasteiger partial charge in [-0.05, 0) is 12.1 Å². The van der Waals surface area contributed by atoms with Gasteiger partial charge < -0.3 is 24.9 Å². The Labute approximate surface area is 172 Å². The van der Waals surface area contributed by atoms with E-state index in [4.69, 9.17) is 16.0 Å². The van der Waals surface area contributed by atoms with Crippen LogP contribution in [0.3, 0.4) is 0 Å². The average molecular weight is 426 g/mol. The molecule has 5 rings (SSSR count). The number of aromatic amines is 1.